The SMILES string of the molecule is CCC1C=C(n2nnc3ccccc32)NN1C. The van der Waals surface area contributed by atoms with Crippen LogP contribution in [0.5, 0.6) is 0 Å². The van der Waals surface area contributed by atoms with Gasteiger partial charge in [-0.1, -0.05) is 24.3 Å². The number of hydrazine groups is 1. The van der Waals surface area contributed by atoms with E-state index < -0.39 is 0 Å². The molecular weight excluding hydrogens is 214 g/mol. The highest BCUT2D eigenvalue weighted by molar-refractivity contribution is 5.77. The maximum Gasteiger partial charge on any atom is 0.141 e. The van der Waals surface area contributed by atoms with Crippen LogP contribution in [0.15, 0.2) is 30.3 Å². The van der Waals surface area contributed by atoms with Crippen molar-refractivity contribution < 1.29 is 0 Å². The second kappa shape index (κ2) is 3.85. The van der Waals surface area contributed by atoms with Gasteiger partial charge < -0.3 is 5.43 Å². The summed E-state index contributed by atoms with van der Waals surface area (Å²) in [5.74, 6) is 0.980. The average molecular weight is 229 g/mol. The van der Waals surface area contributed by atoms with E-state index in [2.05, 4.69) is 33.7 Å². The Kier molecular flexibility index (Phi) is 2.33. The first kappa shape index (κ1) is 10.3. The highest BCUT2D eigenvalue weighted by Gasteiger charge is 2.21. The molecule has 5 heteroatoms. The number of nitrogens with zero attached hydrogens (tertiary/aromatic N) is 4. The van der Waals surface area contributed by atoms with E-state index in [-0.39, 0.29) is 0 Å². The molecule has 0 spiro atoms. The molecule has 1 aliphatic heterocycles. The molecule has 1 aliphatic rings. The van der Waals surface area contributed by atoms with Crippen LogP contribution in [0.3, 0.4) is 0 Å². The van der Waals surface area contributed by atoms with E-state index in [9.17, 15) is 0 Å². The maximum absolute atomic E-state index is 4.19. The quantitative estimate of drug-likeness (QED) is 0.846. The molecule has 1 atom stereocenters. The average Bonchev–Trinajstić information content (AvgIpc) is 2.92. The zero-order chi connectivity index (χ0) is 11.8. The topological polar surface area (TPSA) is 46.0 Å². The fraction of sp³-hybridized carbons (Fsp3) is 0.333. The number of hydrogen-bond donors (Lipinski definition) is 1. The molecule has 0 saturated heterocycles. The van der Waals surface area contributed by atoms with Gasteiger partial charge in [-0.15, -0.1) is 5.10 Å². The lowest BCUT2D eigenvalue weighted by molar-refractivity contribution is 0.249. The van der Waals surface area contributed by atoms with Crippen LogP contribution in [0.4, 0.5) is 0 Å². The molecule has 0 saturated carbocycles. The summed E-state index contributed by atoms with van der Waals surface area (Å²) >= 11 is 0. The smallest absolute Gasteiger partial charge is 0.141 e. The highest BCUT2D eigenvalue weighted by Crippen LogP contribution is 2.19. The van der Waals surface area contributed by atoms with Gasteiger partial charge in [0.15, 0.2) is 0 Å². The molecule has 0 fully saturated rings. The number of rotatable bonds is 2. The van der Waals surface area contributed by atoms with Crippen LogP contribution in [0.2, 0.25) is 0 Å². The van der Waals surface area contributed by atoms with Crippen LogP contribution in [0.25, 0.3) is 16.9 Å². The first-order valence-electron chi connectivity index (χ1n) is 5.81. The van der Waals surface area contributed by atoms with Gasteiger partial charge in [-0.2, -0.15) is 4.68 Å². The largest absolute Gasteiger partial charge is 0.303 e. The summed E-state index contributed by atoms with van der Waals surface area (Å²) in [7, 11) is 2.04. The number of hydrogen-bond acceptors (Lipinski definition) is 4. The number of fused-ring (bicyclic) bond motifs is 1. The van der Waals surface area contributed by atoms with Gasteiger partial charge >= 0.3 is 0 Å². The van der Waals surface area contributed by atoms with Crippen LogP contribution in [0, 0.1) is 0 Å². The Balaban J connectivity index is 2.05. The van der Waals surface area contributed by atoms with Crippen molar-refractivity contribution in [3.63, 3.8) is 0 Å². The Hall–Kier alpha value is -1.88. The molecule has 0 radical (unpaired) electrons. The summed E-state index contributed by atoms with van der Waals surface area (Å²) < 4.78 is 1.85. The van der Waals surface area contributed by atoms with Gasteiger partial charge in [0.25, 0.3) is 0 Å². The molecule has 17 heavy (non-hydrogen) atoms. The Labute approximate surface area is 99.7 Å². The minimum absolute atomic E-state index is 0.410. The van der Waals surface area contributed by atoms with Crippen molar-refractivity contribution in [2.75, 3.05) is 7.05 Å². The second-order valence-corrected chi connectivity index (χ2v) is 4.24. The van der Waals surface area contributed by atoms with Gasteiger partial charge in [-0.25, -0.2) is 5.01 Å². The summed E-state index contributed by atoms with van der Waals surface area (Å²) in [6, 6.07) is 8.37. The molecule has 5 nitrogen and oxygen atoms in total. The standard InChI is InChI=1S/C12H15N5/c1-3-9-8-12(14-16(9)2)17-11-7-5-4-6-10(11)13-15-17/h4-9,14H,3H2,1-2H3. The molecule has 2 heterocycles. The lowest BCUT2D eigenvalue weighted by Gasteiger charge is -2.17. The van der Waals surface area contributed by atoms with Crippen LogP contribution >= 0.6 is 0 Å². The first-order valence-corrected chi connectivity index (χ1v) is 5.81. The third kappa shape index (κ3) is 1.59. The Bertz CT molecular complexity index is 571. The summed E-state index contributed by atoms with van der Waals surface area (Å²) in [5.41, 5.74) is 5.24. The molecule has 0 bridgehead atoms. The van der Waals surface area contributed by atoms with Crippen molar-refractivity contribution in [1.29, 1.82) is 0 Å². The van der Waals surface area contributed by atoms with Crippen LogP contribution < -0.4 is 5.43 Å². The summed E-state index contributed by atoms with van der Waals surface area (Å²) in [6.07, 6.45) is 3.25. The molecule has 3 rings (SSSR count). The van der Waals surface area contributed by atoms with E-state index >= 15 is 0 Å². The van der Waals surface area contributed by atoms with Gasteiger partial charge in [0.2, 0.25) is 0 Å². The molecule has 88 valence electrons. The van der Waals surface area contributed by atoms with Crippen molar-refractivity contribution in [3.05, 3.63) is 30.3 Å². The number of aromatic nitrogens is 3. The normalized spacial score (nSPS) is 20.6. The van der Waals surface area contributed by atoms with Crippen molar-refractivity contribution >= 4 is 16.9 Å². The zero-order valence-corrected chi connectivity index (χ0v) is 9.96. The van der Waals surface area contributed by atoms with Crippen LogP contribution in [-0.4, -0.2) is 33.1 Å². The zero-order valence-electron chi connectivity index (χ0n) is 9.96. The van der Waals surface area contributed by atoms with E-state index in [4.69, 9.17) is 0 Å². The van der Waals surface area contributed by atoms with Crippen LogP contribution in [-0.2, 0) is 0 Å². The van der Waals surface area contributed by atoms with E-state index in [1.54, 1.807) is 0 Å². The third-order valence-corrected chi connectivity index (χ3v) is 3.14. The van der Waals surface area contributed by atoms with Crippen molar-refractivity contribution in [2.45, 2.75) is 19.4 Å². The van der Waals surface area contributed by atoms with Gasteiger partial charge in [0.05, 0.1) is 11.6 Å². The minimum Gasteiger partial charge on any atom is -0.303 e. The number of nitrogens with one attached hydrogen (secondary N) is 1. The molecule has 1 aromatic heterocycles. The molecule has 1 aromatic carbocycles. The van der Waals surface area contributed by atoms with Gasteiger partial charge in [0.1, 0.15) is 11.3 Å². The Morgan fingerprint density at radius 3 is 2.94 bits per heavy atom. The highest BCUT2D eigenvalue weighted by atomic mass is 15.6. The van der Waals surface area contributed by atoms with Crippen molar-refractivity contribution in [2.24, 2.45) is 0 Å². The van der Waals surface area contributed by atoms with Crippen molar-refractivity contribution in [1.82, 2.24) is 25.4 Å². The molecule has 0 amide bonds. The third-order valence-electron chi connectivity index (χ3n) is 3.14. The fourth-order valence-electron chi connectivity index (χ4n) is 2.15. The Morgan fingerprint density at radius 1 is 1.35 bits per heavy atom. The van der Waals surface area contributed by atoms with E-state index in [1.807, 2.05) is 36.0 Å². The molecular formula is C12H15N5. The Morgan fingerprint density at radius 2 is 2.18 bits per heavy atom. The van der Waals surface area contributed by atoms with Gasteiger partial charge in [-0.3, -0.25) is 0 Å². The van der Waals surface area contributed by atoms with Crippen molar-refractivity contribution in [3.8, 4) is 0 Å². The van der Waals surface area contributed by atoms with E-state index in [0.717, 1.165) is 23.3 Å². The first-order chi connectivity index (χ1) is 8.29. The summed E-state index contributed by atoms with van der Waals surface area (Å²) in [5, 5.41) is 10.4. The van der Waals surface area contributed by atoms with Gasteiger partial charge in [0, 0.05) is 7.05 Å². The molecule has 0 aliphatic carbocycles. The number of para-hydroxylation sites is 1. The molecule has 1 unspecified atom stereocenters. The maximum atomic E-state index is 4.19. The predicted molar refractivity (Wildman–Crippen MR) is 66.8 cm³/mol. The van der Waals surface area contributed by atoms with Gasteiger partial charge in [-0.05, 0) is 24.6 Å². The number of likely N-dealkylation sites (N-methyl/N-ethyl adjacent to an activating group) is 1. The predicted octanol–water partition coefficient (Wildman–Crippen LogP) is 1.46. The monoisotopic (exact) mass is 229 g/mol. The lowest BCUT2D eigenvalue weighted by atomic mass is 10.2. The van der Waals surface area contributed by atoms with Crippen LogP contribution in [0.1, 0.15) is 13.3 Å². The molecule has 1 N–H and O–H groups in total. The summed E-state index contributed by atoms with van der Waals surface area (Å²) in [4.78, 5) is 0. The van der Waals surface area contributed by atoms with E-state index in [1.165, 1.54) is 0 Å². The minimum atomic E-state index is 0.410. The second-order valence-electron chi connectivity index (χ2n) is 4.24. The fourth-order valence-corrected chi connectivity index (χ4v) is 2.15. The molecule has 2 aromatic rings. The lowest BCUT2D eigenvalue weighted by Crippen LogP contribution is -2.34. The number of benzene rings is 1. The summed E-state index contributed by atoms with van der Waals surface area (Å²) in [6.45, 7) is 2.17. The van der Waals surface area contributed by atoms with E-state index in [0.29, 0.717) is 6.04 Å².